The lowest BCUT2D eigenvalue weighted by Crippen LogP contribution is -2.35. The molecule has 2 heterocycles. The van der Waals surface area contributed by atoms with Gasteiger partial charge in [-0.05, 0) is 56.2 Å². The van der Waals surface area contributed by atoms with Crippen LogP contribution in [0.5, 0.6) is 5.88 Å². The van der Waals surface area contributed by atoms with E-state index in [9.17, 15) is 27.1 Å². The molecular formula is C28H30F2N4O6S. The van der Waals surface area contributed by atoms with Crippen molar-refractivity contribution < 1.29 is 31.8 Å². The molecule has 4 rings (SSSR count). The number of ether oxygens (including phenoxy) is 2. The summed E-state index contributed by atoms with van der Waals surface area (Å²) in [5, 5.41) is 15.0. The standard InChI is InChI=1S/C28H30F2N4O6S/c1-16(2)40-15-25-32-27(35)26(28(36)34(25)24(14-39-5)19-10-20(29)12-21(30)11-19)41(37,38)22-8-6-18(7-9-22)23-13-31-33(4)17(23)3/h6-13,16,24,35H,14-15H2,1-5H3/t24-/m0/s1. The van der Waals surface area contributed by atoms with Gasteiger partial charge < -0.3 is 14.6 Å². The number of aromatic nitrogens is 4. The summed E-state index contributed by atoms with van der Waals surface area (Å²) in [6.07, 6.45) is 1.33. The SMILES string of the molecule is COC[C@@H](c1cc(F)cc(F)c1)n1c(COC(C)C)nc(O)c(S(=O)(=O)c2ccc(-c3cnn(C)c3C)cc2)c1=O. The minimum absolute atomic E-state index is 0.00993. The first-order chi connectivity index (χ1) is 19.3. The van der Waals surface area contributed by atoms with Crippen molar-refractivity contribution in [2.75, 3.05) is 13.7 Å². The summed E-state index contributed by atoms with van der Waals surface area (Å²) in [4.78, 5) is 16.7. The molecular weight excluding hydrogens is 558 g/mol. The number of methoxy groups -OCH3 is 1. The van der Waals surface area contributed by atoms with Crippen LogP contribution in [0.2, 0.25) is 0 Å². The topological polar surface area (TPSA) is 126 Å². The number of aromatic hydroxyl groups is 1. The van der Waals surface area contributed by atoms with E-state index in [0.29, 0.717) is 11.6 Å². The lowest BCUT2D eigenvalue weighted by atomic mass is 10.1. The first kappa shape index (κ1) is 30.0. The van der Waals surface area contributed by atoms with Gasteiger partial charge in [0.2, 0.25) is 15.7 Å². The van der Waals surface area contributed by atoms with Crippen LogP contribution in [0.25, 0.3) is 11.1 Å². The molecule has 218 valence electrons. The zero-order valence-corrected chi connectivity index (χ0v) is 23.9. The Bertz CT molecular complexity index is 1710. The zero-order valence-electron chi connectivity index (χ0n) is 23.1. The Labute approximate surface area is 235 Å². The monoisotopic (exact) mass is 588 g/mol. The van der Waals surface area contributed by atoms with Crippen LogP contribution in [0.1, 0.15) is 37.0 Å². The molecule has 0 spiro atoms. The Morgan fingerprint density at radius 3 is 2.24 bits per heavy atom. The minimum Gasteiger partial charge on any atom is -0.492 e. The van der Waals surface area contributed by atoms with E-state index in [4.69, 9.17) is 9.47 Å². The number of hydrogen-bond acceptors (Lipinski definition) is 8. The highest BCUT2D eigenvalue weighted by atomic mass is 32.2. The van der Waals surface area contributed by atoms with Crippen molar-refractivity contribution in [3.63, 3.8) is 0 Å². The summed E-state index contributed by atoms with van der Waals surface area (Å²) in [7, 11) is -1.52. The van der Waals surface area contributed by atoms with Gasteiger partial charge in [-0.3, -0.25) is 14.0 Å². The molecule has 10 nitrogen and oxygen atoms in total. The molecule has 0 aliphatic heterocycles. The molecule has 2 aromatic heterocycles. The average molecular weight is 589 g/mol. The normalized spacial score (nSPS) is 12.7. The van der Waals surface area contributed by atoms with Gasteiger partial charge in [0.05, 0.1) is 29.8 Å². The summed E-state index contributed by atoms with van der Waals surface area (Å²) in [5.74, 6) is -2.99. The minimum atomic E-state index is -4.62. The summed E-state index contributed by atoms with van der Waals surface area (Å²) >= 11 is 0. The second kappa shape index (κ2) is 11.9. The van der Waals surface area contributed by atoms with E-state index in [1.807, 2.05) is 6.92 Å². The zero-order chi connectivity index (χ0) is 30.1. The van der Waals surface area contributed by atoms with Gasteiger partial charge >= 0.3 is 0 Å². The molecule has 1 N–H and O–H groups in total. The Morgan fingerprint density at radius 2 is 1.71 bits per heavy atom. The van der Waals surface area contributed by atoms with Gasteiger partial charge in [-0.15, -0.1) is 0 Å². The van der Waals surface area contributed by atoms with Crippen molar-refractivity contribution in [2.45, 2.75) is 49.3 Å². The van der Waals surface area contributed by atoms with Gasteiger partial charge in [0.15, 0.2) is 4.90 Å². The molecule has 2 aromatic carbocycles. The van der Waals surface area contributed by atoms with Crippen molar-refractivity contribution in [1.82, 2.24) is 19.3 Å². The van der Waals surface area contributed by atoms with Crippen LogP contribution in [0, 0.1) is 18.6 Å². The Morgan fingerprint density at radius 1 is 1.07 bits per heavy atom. The van der Waals surface area contributed by atoms with Gasteiger partial charge in [-0.25, -0.2) is 17.2 Å². The maximum absolute atomic E-state index is 14.2. The predicted octanol–water partition coefficient (Wildman–Crippen LogP) is 3.93. The summed E-state index contributed by atoms with van der Waals surface area (Å²) in [6, 6.07) is 7.22. The van der Waals surface area contributed by atoms with E-state index in [-0.39, 0.29) is 35.6 Å². The van der Waals surface area contributed by atoms with Gasteiger partial charge in [-0.2, -0.15) is 10.1 Å². The quantitative estimate of drug-likeness (QED) is 0.296. The van der Waals surface area contributed by atoms with E-state index < -0.39 is 43.8 Å². The van der Waals surface area contributed by atoms with E-state index in [1.54, 1.807) is 43.9 Å². The van der Waals surface area contributed by atoms with Gasteiger partial charge in [0.25, 0.3) is 5.56 Å². The molecule has 1 atom stereocenters. The molecule has 4 aromatic rings. The molecule has 0 fully saturated rings. The molecule has 0 unspecified atom stereocenters. The number of halogens is 2. The molecule has 0 aliphatic carbocycles. The first-order valence-electron chi connectivity index (χ1n) is 12.6. The fourth-order valence-corrected chi connectivity index (χ4v) is 5.75. The van der Waals surface area contributed by atoms with E-state index >= 15 is 0 Å². The van der Waals surface area contributed by atoms with Crippen molar-refractivity contribution >= 4 is 9.84 Å². The molecule has 0 saturated heterocycles. The molecule has 0 aliphatic rings. The Balaban J connectivity index is 1.90. The second-order valence-corrected chi connectivity index (χ2v) is 11.6. The van der Waals surface area contributed by atoms with Gasteiger partial charge in [-0.1, -0.05) is 12.1 Å². The molecule has 0 amide bonds. The van der Waals surface area contributed by atoms with Crippen LogP contribution >= 0.6 is 0 Å². The third kappa shape index (κ3) is 6.06. The Hall–Kier alpha value is -3.94. The fourth-order valence-electron chi connectivity index (χ4n) is 4.41. The molecule has 0 bridgehead atoms. The lowest BCUT2D eigenvalue weighted by molar-refractivity contribution is 0.0557. The van der Waals surface area contributed by atoms with Crippen molar-refractivity contribution in [1.29, 1.82) is 0 Å². The molecule has 0 radical (unpaired) electrons. The predicted molar refractivity (Wildman–Crippen MR) is 145 cm³/mol. The number of aryl methyl sites for hydroxylation is 1. The number of benzene rings is 2. The van der Waals surface area contributed by atoms with Crippen molar-refractivity contribution in [2.24, 2.45) is 7.05 Å². The summed E-state index contributed by atoms with van der Waals surface area (Å²) in [5.41, 5.74) is 1.19. The highest BCUT2D eigenvalue weighted by molar-refractivity contribution is 7.91. The van der Waals surface area contributed by atoms with Crippen LogP contribution in [0.15, 0.2) is 63.2 Å². The molecule has 0 saturated carbocycles. The Kier molecular flexibility index (Phi) is 8.71. The average Bonchev–Trinajstić information content (AvgIpc) is 3.23. The van der Waals surface area contributed by atoms with Crippen LogP contribution in [-0.4, -0.2) is 52.7 Å². The van der Waals surface area contributed by atoms with Crippen molar-refractivity contribution in [3.05, 3.63) is 87.7 Å². The summed E-state index contributed by atoms with van der Waals surface area (Å²) in [6.45, 7) is 4.74. The van der Waals surface area contributed by atoms with Crippen LogP contribution in [0.3, 0.4) is 0 Å². The molecule has 13 heteroatoms. The maximum Gasteiger partial charge on any atom is 0.277 e. The molecule has 41 heavy (non-hydrogen) atoms. The van der Waals surface area contributed by atoms with Crippen LogP contribution < -0.4 is 5.56 Å². The number of rotatable bonds is 10. The van der Waals surface area contributed by atoms with Gasteiger partial charge in [0.1, 0.15) is 24.1 Å². The third-order valence-electron chi connectivity index (χ3n) is 6.56. The van der Waals surface area contributed by atoms with Crippen molar-refractivity contribution in [3.8, 4) is 17.0 Å². The van der Waals surface area contributed by atoms with E-state index in [2.05, 4.69) is 10.1 Å². The van der Waals surface area contributed by atoms with E-state index in [1.165, 1.54) is 19.2 Å². The highest BCUT2D eigenvalue weighted by Crippen LogP contribution is 2.30. The number of nitrogens with zero attached hydrogens (tertiary/aromatic N) is 4. The van der Waals surface area contributed by atoms with E-state index in [0.717, 1.165) is 28.0 Å². The third-order valence-corrected chi connectivity index (χ3v) is 8.35. The second-order valence-electron chi connectivity index (χ2n) is 9.68. The summed E-state index contributed by atoms with van der Waals surface area (Å²) < 4.78 is 69.3. The maximum atomic E-state index is 14.2. The first-order valence-corrected chi connectivity index (χ1v) is 14.1. The number of sulfone groups is 1. The van der Waals surface area contributed by atoms with Crippen LogP contribution in [-0.2, 0) is 33.0 Å². The fraction of sp³-hybridized carbons (Fsp3) is 0.321. The highest BCUT2D eigenvalue weighted by Gasteiger charge is 2.32. The number of hydrogen-bond donors (Lipinski definition) is 1. The smallest absolute Gasteiger partial charge is 0.277 e. The largest absolute Gasteiger partial charge is 0.492 e. The van der Waals surface area contributed by atoms with Gasteiger partial charge in [0, 0.05) is 31.5 Å². The lowest BCUT2D eigenvalue weighted by Gasteiger charge is -2.24. The van der Waals surface area contributed by atoms with Crippen LogP contribution in [0.4, 0.5) is 8.78 Å².